The van der Waals surface area contributed by atoms with Gasteiger partial charge in [0.05, 0.1) is 10.5 Å². The molecule has 0 unspecified atom stereocenters. The molecule has 0 saturated heterocycles. The number of rotatable bonds is 4. The minimum atomic E-state index is 0.525. The van der Waals surface area contributed by atoms with E-state index >= 15 is 0 Å². The van der Waals surface area contributed by atoms with Gasteiger partial charge in [-0.2, -0.15) is 0 Å². The van der Waals surface area contributed by atoms with E-state index in [4.69, 9.17) is 29.0 Å². The molecule has 4 rings (SSSR count). The molecule has 0 amide bonds. The smallest absolute Gasteiger partial charge is 0.210 e. The van der Waals surface area contributed by atoms with Crippen LogP contribution in [0.2, 0.25) is 10.0 Å². The summed E-state index contributed by atoms with van der Waals surface area (Å²) in [5, 5.41) is 11.2. The Hall–Kier alpha value is -2.28. The Morgan fingerprint density at radius 1 is 0.962 bits per heavy atom. The van der Waals surface area contributed by atoms with Crippen LogP contribution in [0.3, 0.4) is 0 Å². The second-order valence-corrected chi connectivity index (χ2v) is 7.31. The molecule has 0 aliphatic heterocycles. The van der Waals surface area contributed by atoms with E-state index in [0.29, 0.717) is 26.8 Å². The number of halogens is 2. The fraction of sp³-hybridized carbons (Fsp3) is 0.0556. The minimum absolute atomic E-state index is 0.525. The van der Waals surface area contributed by atoms with E-state index in [1.165, 1.54) is 16.4 Å². The van der Waals surface area contributed by atoms with Crippen molar-refractivity contribution >= 4 is 45.9 Å². The third-order valence-corrected chi connectivity index (χ3v) is 5.59. The van der Waals surface area contributed by atoms with Crippen molar-refractivity contribution in [2.45, 2.75) is 10.9 Å². The van der Waals surface area contributed by atoms with Crippen molar-refractivity contribution in [2.24, 2.45) is 0 Å². The maximum absolute atomic E-state index is 6.25. The van der Waals surface area contributed by atoms with E-state index in [1.54, 1.807) is 12.3 Å². The number of hydrogen-bond donors (Lipinski definition) is 1. The molecule has 0 bridgehead atoms. The molecule has 5 nitrogen and oxygen atoms in total. The number of benzene rings is 2. The summed E-state index contributed by atoms with van der Waals surface area (Å²) in [6, 6.07) is 15.1. The van der Waals surface area contributed by atoms with Gasteiger partial charge in [0.1, 0.15) is 0 Å². The maximum Gasteiger partial charge on any atom is 0.210 e. The average Bonchev–Trinajstić information content (AvgIpc) is 3.02. The van der Waals surface area contributed by atoms with Crippen LogP contribution in [0.25, 0.3) is 22.3 Å². The van der Waals surface area contributed by atoms with Gasteiger partial charge >= 0.3 is 0 Å². The van der Waals surface area contributed by atoms with E-state index < -0.39 is 0 Å². The quantitative estimate of drug-likeness (QED) is 0.392. The molecule has 0 radical (unpaired) electrons. The zero-order valence-electron chi connectivity index (χ0n) is 13.4. The molecule has 2 heterocycles. The van der Waals surface area contributed by atoms with Gasteiger partial charge in [-0.05, 0) is 35.9 Å². The molecule has 8 heteroatoms. The molecule has 0 atom stereocenters. The standard InChI is InChI=1S/C18H13Cl2N5S/c19-14-6-2-1-4-13(14)17-23-24-18(25(17)21)26-10-11-7-8-15(20)12-5-3-9-22-16(11)12/h1-9H,10,21H2. The topological polar surface area (TPSA) is 69.6 Å². The summed E-state index contributed by atoms with van der Waals surface area (Å²) in [4.78, 5) is 4.45. The molecule has 4 aromatic rings. The molecule has 130 valence electrons. The molecule has 2 aromatic carbocycles. The lowest BCUT2D eigenvalue weighted by Gasteiger charge is -2.07. The number of pyridine rings is 1. The molecular weight excluding hydrogens is 389 g/mol. The lowest BCUT2D eigenvalue weighted by Crippen LogP contribution is -2.11. The third kappa shape index (κ3) is 3.11. The highest BCUT2D eigenvalue weighted by Crippen LogP contribution is 2.31. The van der Waals surface area contributed by atoms with Crippen molar-refractivity contribution in [3.8, 4) is 11.4 Å². The largest absolute Gasteiger partial charge is 0.335 e. The molecule has 0 aliphatic rings. The van der Waals surface area contributed by atoms with Crippen molar-refractivity contribution in [2.75, 3.05) is 5.84 Å². The van der Waals surface area contributed by atoms with Crippen LogP contribution in [0, 0.1) is 0 Å². The number of nitrogens with two attached hydrogens (primary N) is 1. The average molecular weight is 402 g/mol. The lowest BCUT2D eigenvalue weighted by molar-refractivity contribution is 0.849. The molecule has 0 aliphatic carbocycles. The van der Waals surface area contributed by atoms with E-state index in [0.717, 1.165) is 22.0 Å². The van der Waals surface area contributed by atoms with Crippen LogP contribution < -0.4 is 5.84 Å². The van der Waals surface area contributed by atoms with Crippen LogP contribution >= 0.6 is 35.0 Å². The summed E-state index contributed by atoms with van der Waals surface area (Å²) in [5.41, 5.74) is 2.67. The molecule has 2 N–H and O–H groups in total. The van der Waals surface area contributed by atoms with Gasteiger partial charge in [0.15, 0.2) is 5.82 Å². The number of nitrogens with zero attached hydrogens (tertiary/aromatic N) is 4. The number of hydrogen-bond acceptors (Lipinski definition) is 5. The molecule has 0 spiro atoms. The summed E-state index contributed by atoms with van der Waals surface area (Å²) in [6.07, 6.45) is 1.76. The number of aromatic nitrogens is 4. The first-order chi connectivity index (χ1) is 12.6. The third-order valence-electron chi connectivity index (χ3n) is 3.94. The van der Waals surface area contributed by atoms with Gasteiger partial charge in [-0.1, -0.05) is 53.2 Å². The van der Waals surface area contributed by atoms with E-state index in [9.17, 15) is 0 Å². The highest BCUT2D eigenvalue weighted by Gasteiger charge is 2.15. The molecule has 0 saturated carbocycles. The summed E-state index contributed by atoms with van der Waals surface area (Å²) >= 11 is 14.0. The van der Waals surface area contributed by atoms with Crippen LogP contribution in [-0.2, 0) is 5.75 Å². The predicted octanol–water partition coefficient (Wildman–Crippen LogP) is 4.81. The zero-order chi connectivity index (χ0) is 18.1. The minimum Gasteiger partial charge on any atom is -0.335 e. The highest BCUT2D eigenvalue weighted by molar-refractivity contribution is 7.98. The molecular formula is C18H13Cl2N5S. The summed E-state index contributed by atoms with van der Waals surface area (Å²) < 4.78 is 1.46. The van der Waals surface area contributed by atoms with Crippen LogP contribution in [0.15, 0.2) is 59.9 Å². The Balaban J connectivity index is 1.62. The summed E-state index contributed by atoms with van der Waals surface area (Å²) in [5.74, 6) is 7.35. The van der Waals surface area contributed by atoms with E-state index in [-0.39, 0.29) is 0 Å². The van der Waals surface area contributed by atoms with Crippen molar-refractivity contribution in [3.05, 3.63) is 70.3 Å². The van der Waals surface area contributed by atoms with Crippen molar-refractivity contribution < 1.29 is 0 Å². The van der Waals surface area contributed by atoms with Gasteiger partial charge in [-0.25, -0.2) is 4.68 Å². The maximum atomic E-state index is 6.25. The summed E-state index contributed by atoms with van der Waals surface area (Å²) in [6.45, 7) is 0. The van der Waals surface area contributed by atoms with Crippen LogP contribution in [0.4, 0.5) is 0 Å². The molecule has 0 fully saturated rings. The van der Waals surface area contributed by atoms with Gasteiger partial charge in [-0.3, -0.25) is 4.98 Å². The Labute approximate surface area is 164 Å². The zero-order valence-corrected chi connectivity index (χ0v) is 15.8. The van der Waals surface area contributed by atoms with Gasteiger partial charge < -0.3 is 5.84 Å². The van der Waals surface area contributed by atoms with Crippen LogP contribution in [-0.4, -0.2) is 19.9 Å². The van der Waals surface area contributed by atoms with Gasteiger partial charge in [0.2, 0.25) is 5.16 Å². The normalized spacial score (nSPS) is 11.2. The summed E-state index contributed by atoms with van der Waals surface area (Å²) in [7, 11) is 0. The SMILES string of the molecule is Nn1c(SCc2ccc(Cl)c3cccnc23)nnc1-c1ccccc1Cl. The Bertz CT molecular complexity index is 1100. The number of fused-ring (bicyclic) bond motifs is 1. The second-order valence-electron chi connectivity index (χ2n) is 5.55. The monoisotopic (exact) mass is 401 g/mol. The van der Waals surface area contributed by atoms with Crippen LogP contribution in [0.5, 0.6) is 0 Å². The Kier molecular flexibility index (Phi) is 4.72. The molecule has 26 heavy (non-hydrogen) atoms. The van der Waals surface area contributed by atoms with Crippen molar-refractivity contribution in [3.63, 3.8) is 0 Å². The second kappa shape index (κ2) is 7.15. The van der Waals surface area contributed by atoms with Crippen molar-refractivity contribution in [1.29, 1.82) is 0 Å². The lowest BCUT2D eigenvalue weighted by atomic mass is 10.1. The first kappa shape index (κ1) is 17.1. The predicted molar refractivity (Wildman–Crippen MR) is 107 cm³/mol. The van der Waals surface area contributed by atoms with Gasteiger partial charge in [0, 0.05) is 27.9 Å². The fourth-order valence-corrected chi connectivity index (χ4v) is 3.93. The first-order valence-electron chi connectivity index (χ1n) is 7.75. The first-order valence-corrected chi connectivity index (χ1v) is 9.49. The van der Waals surface area contributed by atoms with E-state index in [1.807, 2.05) is 42.5 Å². The van der Waals surface area contributed by atoms with Gasteiger partial charge in [0.25, 0.3) is 0 Å². The van der Waals surface area contributed by atoms with Crippen molar-refractivity contribution in [1.82, 2.24) is 19.9 Å². The Morgan fingerprint density at radius 3 is 2.65 bits per heavy atom. The van der Waals surface area contributed by atoms with E-state index in [2.05, 4.69) is 15.2 Å². The highest BCUT2D eigenvalue weighted by atomic mass is 35.5. The Morgan fingerprint density at radius 2 is 1.81 bits per heavy atom. The number of thioether (sulfide) groups is 1. The van der Waals surface area contributed by atoms with Gasteiger partial charge in [-0.15, -0.1) is 10.2 Å². The molecule has 2 aromatic heterocycles. The van der Waals surface area contributed by atoms with Crippen LogP contribution in [0.1, 0.15) is 5.56 Å². The fourth-order valence-electron chi connectivity index (χ4n) is 2.66. The number of nitrogen functional groups attached to an aromatic ring is 1.